The van der Waals surface area contributed by atoms with Gasteiger partial charge in [0.1, 0.15) is 0 Å². The van der Waals surface area contributed by atoms with Crippen LogP contribution in [0.3, 0.4) is 0 Å². The van der Waals surface area contributed by atoms with Crippen molar-refractivity contribution in [3.63, 3.8) is 0 Å². The number of carbonyl (C=O) groups is 1. The van der Waals surface area contributed by atoms with Crippen LogP contribution < -0.4 is 10.6 Å². The SMILES string of the molecule is CCCNC1COCC1C(=O)NC(C)C. The third kappa shape index (κ3) is 3.80. The first-order valence-electron chi connectivity index (χ1n) is 5.76. The predicted molar refractivity (Wildman–Crippen MR) is 59.7 cm³/mol. The fourth-order valence-electron chi connectivity index (χ4n) is 1.74. The fraction of sp³-hybridized carbons (Fsp3) is 0.909. The maximum atomic E-state index is 11.8. The quantitative estimate of drug-likeness (QED) is 0.701. The van der Waals surface area contributed by atoms with Crippen LogP contribution >= 0.6 is 0 Å². The Kier molecular flexibility index (Phi) is 5.05. The topological polar surface area (TPSA) is 50.4 Å². The van der Waals surface area contributed by atoms with E-state index in [0.717, 1.165) is 13.0 Å². The molecule has 4 heteroatoms. The number of hydrogen-bond acceptors (Lipinski definition) is 3. The first-order chi connectivity index (χ1) is 7.15. The fourth-order valence-corrected chi connectivity index (χ4v) is 1.74. The van der Waals surface area contributed by atoms with Crippen LogP contribution in [0.2, 0.25) is 0 Å². The Hall–Kier alpha value is -0.610. The molecular formula is C11H22N2O2. The number of ether oxygens (including phenoxy) is 1. The minimum atomic E-state index is -0.0288. The van der Waals surface area contributed by atoms with Gasteiger partial charge in [0.2, 0.25) is 5.91 Å². The zero-order chi connectivity index (χ0) is 11.3. The Labute approximate surface area is 91.8 Å². The lowest BCUT2D eigenvalue weighted by atomic mass is 10.0. The standard InChI is InChI=1S/C11H22N2O2/c1-4-5-12-10-7-15-6-9(10)11(14)13-8(2)3/h8-10,12H,4-7H2,1-3H3,(H,13,14). The van der Waals surface area contributed by atoms with Crippen molar-refractivity contribution < 1.29 is 9.53 Å². The van der Waals surface area contributed by atoms with Gasteiger partial charge in [-0.2, -0.15) is 0 Å². The maximum absolute atomic E-state index is 11.8. The summed E-state index contributed by atoms with van der Waals surface area (Å²) in [4.78, 5) is 11.8. The third-order valence-electron chi connectivity index (χ3n) is 2.50. The van der Waals surface area contributed by atoms with E-state index in [1.165, 1.54) is 0 Å². The molecular weight excluding hydrogens is 192 g/mol. The molecule has 1 heterocycles. The van der Waals surface area contributed by atoms with Crippen molar-refractivity contribution in [2.45, 2.75) is 39.3 Å². The Bertz CT molecular complexity index is 207. The number of hydrogen-bond donors (Lipinski definition) is 2. The van der Waals surface area contributed by atoms with E-state index in [9.17, 15) is 4.79 Å². The summed E-state index contributed by atoms with van der Waals surface area (Å²) in [5.74, 6) is 0.0788. The van der Waals surface area contributed by atoms with Gasteiger partial charge < -0.3 is 15.4 Å². The van der Waals surface area contributed by atoms with Crippen LogP contribution in [0.15, 0.2) is 0 Å². The lowest BCUT2D eigenvalue weighted by molar-refractivity contribution is -0.125. The number of nitrogens with one attached hydrogen (secondary N) is 2. The summed E-state index contributed by atoms with van der Waals surface area (Å²) in [7, 11) is 0. The predicted octanol–water partition coefficient (Wildman–Crippen LogP) is 0.526. The van der Waals surface area contributed by atoms with E-state index in [1.54, 1.807) is 0 Å². The molecule has 0 aromatic carbocycles. The molecule has 1 fully saturated rings. The van der Waals surface area contributed by atoms with Crippen molar-refractivity contribution in [2.75, 3.05) is 19.8 Å². The average Bonchev–Trinajstić information content (AvgIpc) is 2.61. The van der Waals surface area contributed by atoms with E-state index in [2.05, 4.69) is 17.6 Å². The van der Waals surface area contributed by atoms with Crippen LogP contribution in [0.4, 0.5) is 0 Å². The van der Waals surface area contributed by atoms with Gasteiger partial charge in [-0.3, -0.25) is 4.79 Å². The molecule has 1 saturated heterocycles. The highest BCUT2D eigenvalue weighted by Crippen LogP contribution is 2.14. The minimum Gasteiger partial charge on any atom is -0.379 e. The van der Waals surface area contributed by atoms with Crippen molar-refractivity contribution in [2.24, 2.45) is 5.92 Å². The second-order valence-electron chi connectivity index (χ2n) is 4.37. The number of carbonyl (C=O) groups excluding carboxylic acids is 1. The highest BCUT2D eigenvalue weighted by molar-refractivity contribution is 5.80. The largest absolute Gasteiger partial charge is 0.379 e. The Morgan fingerprint density at radius 2 is 2.20 bits per heavy atom. The van der Waals surface area contributed by atoms with Crippen LogP contribution in [-0.4, -0.2) is 37.7 Å². The molecule has 0 saturated carbocycles. The molecule has 2 unspecified atom stereocenters. The van der Waals surface area contributed by atoms with Gasteiger partial charge in [-0.25, -0.2) is 0 Å². The molecule has 1 rings (SSSR count). The Balaban J connectivity index is 2.41. The summed E-state index contributed by atoms with van der Waals surface area (Å²) in [6.07, 6.45) is 1.08. The molecule has 0 aliphatic carbocycles. The molecule has 0 aromatic heterocycles. The van der Waals surface area contributed by atoms with Gasteiger partial charge in [0, 0.05) is 12.1 Å². The van der Waals surface area contributed by atoms with Crippen LogP contribution in [0.1, 0.15) is 27.2 Å². The van der Waals surface area contributed by atoms with E-state index < -0.39 is 0 Å². The molecule has 1 aliphatic heterocycles. The first kappa shape index (κ1) is 12.5. The first-order valence-corrected chi connectivity index (χ1v) is 5.76. The highest BCUT2D eigenvalue weighted by atomic mass is 16.5. The molecule has 88 valence electrons. The van der Waals surface area contributed by atoms with Gasteiger partial charge >= 0.3 is 0 Å². The number of rotatable bonds is 5. The van der Waals surface area contributed by atoms with E-state index in [1.807, 2.05) is 13.8 Å². The van der Waals surface area contributed by atoms with Gasteiger partial charge in [0.25, 0.3) is 0 Å². The maximum Gasteiger partial charge on any atom is 0.227 e. The summed E-state index contributed by atoms with van der Waals surface area (Å²) >= 11 is 0. The second kappa shape index (κ2) is 6.08. The smallest absolute Gasteiger partial charge is 0.227 e. The van der Waals surface area contributed by atoms with E-state index in [4.69, 9.17) is 4.74 Å². The van der Waals surface area contributed by atoms with Crippen molar-refractivity contribution in [3.8, 4) is 0 Å². The summed E-state index contributed by atoms with van der Waals surface area (Å²) in [5.41, 5.74) is 0. The lowest BCUT2D eigenvalue weighted by Crippen LogP contribution is -2.45. The Morgan fingerprint density at radius 1 is 1.47 bits per heavy atom. The van der Waals surface area contributed by atoms with E-state index in [-0.39, 0.29) is 23.9 Å². The molecule has 15 heavy (non-hydrogen) atoms. The molecule has 0 radical (unpaired) electrons. The van der Waals surface area contributed by atoms with Crippen molar-refractivity contribution in [1.82, 2.24) is 10.6 Å². The van der Waals surface area contributed by atoms with Gasteiger partial charge in [0.05, 0.1) is 19.1 Å². The second-order valence-corrected chi connectivity index (χ2v) is 4.37. The lowest BCUT2D eigenvalue weighted by Gasteiger charge is -2.19. The van der Waals surface area contributed by atoms with Crippen molar-refractivity contribution in [3.05, 3.63) is 0 Å². The molecule has 1 amide bonds. The van der Waals surface area contributed by atoms with Crippen LogP contribution in [0.25, 0.3) is 0 Å². The number of amides is 1. The third-order valence-corrected chi connectivity index (χ3v) is 2.50. The van der Waals surface area contributed by atoms with Gasteiger partial charge in [0.15, 0.2) is 0 Å². The normalized spacial score (nSPS) is 25.9. The molecule has 1 aliphatic rings. The van der Waals surface area contributed by atoms with E-state index >= 15 is 0 Å². The summed E-state index contributed by atoms with van der Waals surface area (Å²) in [5, 5.41) is 6.28. The average molecular weight is 214 g/mol. The van der Waals surface area contributed by atoms with Gasteiger partial charge in [-0.15, -0.1) is 0 Å². The molecule has 4 nitrogen and oxygen atoms in total. The zero-order valence-corrected chi connectivity index (χ0v) is 9.88. The van der Waals surface area contributed by atoms with Gasteiger partial charge in [-0.05, 0) is 26.8 Å². The monoisotopic (exact) mass is 214 g/mol. The minimum absolute atomic E-state index is 0.0288. The van der Waals surface area contributed by atoms with Crippen LogP contribution in [-0.2, 0) is 9.53 Å². The van der Waals surface area contributed by atoms with Crippen molar-refractivity contribution in [1.29, 1.82) is 0 Å². The summed E-state index contributed by atoms with van der Waals surface area (Å²) in [6.45, 7) is 8.20. The molecule has 2 N–H and O–H groups in total. The highest BCUT2D eigenvalue weighted by Gasteiger charge is 2.33. The zero-order valence-electron chi connectivity index (χ0n) is 9.88. The molecule has 0 bridgehead atoms. The molecule has 0 aromatic rings. The van der Waals surface area contributed by atoms with Gasteiger partial charge in [-0.1, -0.05) is 6.92 Å². The summed E-state index contributed by atoms with van der Waals surface area (Å²) < 4.78 is 5.35. The van der Waals surface area contributed by atoms with Crippen molar-refractivity contribution >= 4 is 5.91 Å². The van der Waals surface area contributed by atoms with Crippen LogP contribution in [0, 0.1) is 5.92 Å². The molecule has 2 atom stereocenters. The van der Waals surface area contributed by atoms with E-state index in [0.29, 0.717) is 13.2 Å². The Morgan fingerprint density at radius 3 is 2.80 bits per heavy atom. The molecule has 0 spiro atoms. The van der Waals surface area contributed by atoms with Crippen LogP contribution in [0.5, 0.6) is 0 Å². The summed E-state index contributed by atoms with van der Waals surface area (Å²) in [6, 6.07) is 0.383.